The summed E-state index contributed by atoms with van der Waals surface area (Å²) in [6.07, 6.45) is 0. The molecule has 0 bridgehead atoms. The van der Waals surface area contributed by atoms with Crippen LogP contribution in [-0.4, -0.2) is 19.6 Å². The van der Waals surface area contributed by atoms with Crippen LogP contribution in [0.4, 0.5) is 0 Å². The van der Waals surface area contributed by atoms with Gasteiger partial charge in [-0.2, -0.15) is 0 Å². The van der Waals surface area contributed by atoms with Gasteiger partial charge in [0.05, 0.1) is 11.4 Å². The maximum absolute atomic E-state index is 10.9. The van der Waals surface area contributed by atoms with Crippen LogP contribution >= 0.6 is 0 Å². The average Bonchev–Trinajstić information content (AvgIpc) is 3.92. The number of aromatic nitrogens is 3. The van der Waals surface area contributed by atoms with E-state index in [1.54, 1.807) is 6.07 Å². The van der Waals surface area contributed by atoms with E-state index in [2.05, 4.69) is 169 Å². The number of furan rings is 1. The largest absolute Gasteiger partial charge is 0.507 e. The van der Waals surface area contributed by atoms with Crippen LogP contribution in [0.1, 0.15) is 11.3 Å². The molecular formula is C62H42N3O2Pt-. The molecule has 68 heavy (non-hydrogen) atoms. The number of aromatic hydroxyl groups is 1. The van der Waals surface area contributed by atoms with Gasteiger partial charge in [-0.1, -0.05) is 169 Å². The van der Waals surface area contributed by atoms with E-state index in [0.717, 1.165) is 106 Å². The van der Waals surface area contributed by atoms with E-state index in [1.165, 1.54) is 5.56 Å². The third-order valence-electron chi connectivity index (χ3n) is 12.7. The predicted molar refractivity (Wildman–Crippen MR) is 274 cm³/mol. The fraction of sp³-hybridized carbons (Fsp3) is 0.0323. The summed E-state index contributed by atoms with van der Waals surface area (Å²) in [4.78, 5) is 10.3. The molecule has 0 saturated heterocycles. The quantitative estimate of drug-likeness (QED) is 0.146. The first kappa shape index (κ1) is 42.5. The number of benzene rings is 8. The number of fused-ring (bicyclic) bond motifs is 4. The summed E-state index contributed by atoms with van der Waals surface area (Å²) in [6.45, 7) is 2.74. The molecule has 4 aromatic heterocycles. The van der Waals surface area contributed by atoms with Crippen molar-refractivity contribution in [3.8, 4) is 84.2 Å². The number of phenols is 1. The van der Waals surface area contributed by atoms with E-state index in [4.69, 9.17) is 14.4 Å². The zero-order valence-corrected chi connectivity index (χ0v) is 39.3. The van der Waals surface area contributed by atoms with Crippen molar-refractivity contribution >= 4 is 32.8 Å². The Kier molecular flexibility index (Phi) is 11.2. The molecule has 6 heteroatoms. The number of para-hydroxylation sites is 3. The first-order valence-corrected chi connectivity index (χ1v) is 22.6. The van der Waals surface area contributed by atoms with Gasteiger partial charge in [0.1, 0.15) is 16.9 Å². The Morgan fingerprint density at radius 3 is 1.88 bits per heavy atom. The van der Waals surface area contributed by atoms with Crippen LogP contribution in [0.15, 0.2) is 223 Å². The van der Waals surface area contributed by atoms with Crippen molar-refractivity contribution in [3.05, 3.63) is 236 Å². The zero-order valence-electron chi connectivity index (χ0n) is 37.0. The molecule has 0 amide bonds. The zero-order chi connectivity index (χ0) is 44.8. The molecule has 0 saturated carbocycles. The topological polar surface area (TPSA) is 64.1 Å². The summed E-state index contributed by atoms with van der Waals surface area (Å²) in [5.41, 5.74) is 18.1. The molecule has 0 aliphatic heterocycles. The fourth-order valence-electron chi connectivity index (χ4n) is 9.63. The second kappa shape index (κ2) is 17.9. The Labute approximate surface area is 408 Å². The van der Waals surface area contributed by atoms with E-state index >= 15 is 0 Å². The van der Waals surface area contributed by atoms with Gasteiger partial charge in [0.25, 0.3) is 0 Å². The summed E-state index contributed by atoms with van der Waals surface area (Å²) in [5.74, 6) is 0.180. The van der Waals surface area contributed by atoms with Crippen molar-refractivity contribution in [1.82, 2.24) is 14.5 Å². The monoisotopic (exact) mass is 1060 g/mol. The van der Waals surface area contributed by atoms with Crippen LogP contribution in [0, 0.1) is 13.0 Å². The van der Waals surface area contributed by atoms with Crippen LogP contribution in [0.5, 0.6) is 5.75 Å². The molecule has 1 N–H and O–H groups in total. The number of rotatable bonds is 9. The van der Waals surface area contributed by atoms with E-state index < -0.39 is 0 Å². The van der Waals surface area contributed by atoms with E-state index in [0.29, 0.717) is 17.8 Å². The minimum atomic E-state index is 0. The predicted octanol–water partition coefficient (Wildman–Crippen LogP) is 15.9. The third kappa shape index (κ3) is 7.81. The summed E-state index contributed by atoms with van der Waals surface area (Å²) >= 11 is 0. The number of phenolic OH excluding ortho intramolecular Hbond substituents is 1. The molecule has 0 radical (unpaired) electrons. The van der Waals surface area contributed by atoms with E-state index in [-0.39, 0.29) is 26.8 Å². The van der Waals surface area contributed by atoms with Crippen LogP contribution in [-0.2, 0) is 27.6 Å². The molecule has 0 atom stereocenters. The van der Waals surface area contributed by atoms with Crippen molar-refractivity contribution in [1.29, 1.82) is 0 Å². The van der Waals surface area contributed by atoms with Crippen LogP contribution < -0.4 is 0 Å². The average molecular weight is 1060 g/mol. The minimum absolute atomic E-state index is 0. The standard InChI is InChI=1S/C62H42N3O2.Pt/c1-40-33-48(37-54(63-40)44-23-15-24-45(34-44)55-35-47(42-19-7-3-8-20-42)36-56(64-55)52-25-12-14-30-58(52)66)61-60(53-26-11-13-29-57(53)65(61)39-41-17-5-2-6-18-41)46-31-32-50-51-28-16-27-49(43-21-9-4-10-22-43)62(51)67-59(50)38-46;/h2-33,35-38,66H,39H2,1H3;/q-1;. The van der Waals surface area contributed by atoms with Crippen molar-refractivity contribution < 1.29 is 30.6 Å². The third-order valence-corrected chi connectivity index (χ3v) is 12.7. The smallest absolute Gasteiger partial charge is 0.143 e. The molecule has 0 aliphatic rings. The van der Waals surface area contributed by atoms with Gasteiger partial charge in [0.2, 0.25) is 0 Å². The SMILES string of the molecule is Cc1cc(-c2c(-c3ccc4c(c3)oc3c(-c5ccccc5)cccc34)c3ccccc3n2Cc2ccccc2)cc(-c2[c-]c(-c3cc(-c4ccccc4)cc(-c4ccccc4O)n3)ccc2)n1.[Pt]. The normalized spacial score (nSPS) is 11.3. The molecule has 4 heterocycles. The molecule has 0 spiro atoms. The Bertz CT molecular complexity index is 3800. The Balaban J connectivity index is 0.00000507. The minimum Gasteiger partial charge on any atom is -0.507 e. The van der Waals surface area contributed by atoms with Crippen molar-refractivity contribution in [2.45, 2.75) is 13.5 Å². The van der Waals surface area contributed by atoms with E-state index in [9.17, 15) is 5.11 Å². The molecule has 12 rings (SSSR count). The maximum atomic E-state index is 10.9. The van der Waals surface area contributed by atoms with E-state index in [1.807, 2.05) is 60.7 Å². The van der Waals surface area contributed by atoms with Gasteiger partial charge in [0.15, 0.2) is 0 Å². The molecule has 5 nitrogen and oxygen atoms in total. The Morgan fingerprint density at radius 2 is 1.10 bits per heavy atom. The number of hydrogen-bond donors (Lipinski definition) is 1. The molecule has 0 fully saturated rings. The van der Waals surface area contributed by atoms with Crippen molar-refractivity contribution in [2.24, 2.45) is 0 Å². The number of aryl methyl sites for hydroxylation is 1. The summed E-state index contributed by atoms with van der Waals surface area (Å²) in [7, 11) is 0. The molecule has 8 aromatic carbocycles. The van der Waals surface area contributed by atoms with Gasteiger partial charge >= 0.3 is 0 Å². The van der Waals surface area contributed by atoms with Gasteiger partial charge in [-0.3, -0.25) is 9.97 Å². The number of pyridine rings is 2. The van der Waals surface area contributed by atoms with Gasteiger partial charge < -0.3 is 14.1 Å². The van der Waals surface area contributed by atoms with Crippen molar-refractivity contribution in [2.75, 3.05) is 0 Å². The van der Waals surface area contributed by atoms with Gasteiger partial charge in [-0.25, -0.2) is 0 Å². The summed E-state index contributed by atoms with van der Waals surface area (Å²) in [5, 5.41) is 14.3. The Morgan fingerprint density at radius 1 is 0.485 bits per heavy atom. The van der Waals surface area contributed by atoms with Crippen LogP contribution in [0.25, 0.3) is 111 Å². The summed E-state index contributed by atoms with van der Waals surface area (Å²) in [6, 6.07) is 78.9. The van der Waals surface area contributed by atoms with Crippen LogP contribution in [0.2, 0.25) is 0 Å². The second-order valence-electron chi connectivity index (χ2n) is 17.0. The molecular weight excluding hydrogens is 1010 g/mol. The summed E-state index contributed by atoms with van der Waals surface area (Å²) < 4.78 is 9.29. The molecule has 328 valence electrons. The maximum Gasteiger partial charge on any atom is 0.143 e. The molecule has 0 aliphatic carbocycles. The van der Waals surface area contributed by atoms with Crippen molar-refractivity contribution in [3.63, 3.8) is 0 Å². The second-order valence-corrected chi connectivity index (χ2v) is 17.0. The van der Waals surface area contributed by atoms with Gasteiger partial charge in [0, 0.05) is 83.1 Å². The Hall–Kier alpha value is -8.11. The van der Waals surface area contributed by atoms with Gasteiger partial charge in [-0.15, -0.1) is 24.3 Å². The number of hydrogen-bond acceptors (Lipinski definition) is 4. The molecule has 0 unspecified atom stereocenters. The van der Waals surface area contributed by atoms with Gasteiger partial charge in [-0.05, 0) is 82.8 Å². The first-order valence-electron chi connectivity index (χ1n) is 22.6. The first-order chi connectivity index (χ1) is 33.0. The number of nitrogens with zero attached hydrogens (tertiary/aromatic N) is 3. The van der Waals surface area contributed by atoms with Crippen LogP contribution in [0.3, 0.4) is 0 Å². The molecule has 12 aromatic rings. The fourth-order valence-corrected chi connectivity index (χ4v) is 9.63.